The van der Waals surface area contributed by atoms with E-state index in [-0.39, 0.29) is 6.04 Å². The highest BCUT2D eigenvalue weighted by molar-refractivity contribution is 9.10. The minimum atomic E-state index is -0.0349. The molecule has 2 aromatic rings. The Kier molecular flexibility index (Phi) is 4.14. The molecule has 1 aromatic carbocycles. The number of hydrogen-bond acceptors (Lipinski definition) is 3. The maximum Gasteiger partial charge on any atom is 0.0998 e. The highest BCUT2D eigenvalue weighted by atomic mass is 79.9. The Bertz CT molecular complexity index is 536. The molecule has 1 aromatic heterocycles. The van der Waals surface area contributed by atoms with Crippen LogP contribution in [0.1, 0.15) is 37.1 Å². The predicted octanol–water partition coefficient (Wildman–Crippen LogP) is 3.14. The molecule has 0 bridgehead atoms. The van der Waals surface area contributed by atoms with Crippen molar-refractivity contribution < 1.29 is 0 Å². The average Bonchev–Trinajstić information content (AvgIpc) is 2.82. The Morgan fingerprint density at radius 3 is 2.94 bits per heavy atom. The zero-order valence-electron chi connectivity index (χ0n) is 10.6. The summed E-state index contributed by atoms with van der Waals surface area (Å²) in [4.78, 5) is 0. The molecular weight excluding hydrogens is 292 g/mol. The summed E-state index contributed by atoms with van der Waals surface area (Å²) in [7, 11) is 0. The molecule has 0 spiro atoms. The molecule has 18 heavy (non-hydrogen) atoms. The molecule has 1 unspecified atom stereocenters. The van der Waals surface area contributed by atoms with Crippen molar-refractivity contribution in [3.63, 3.8) is 0 Å². The molecule has 0 aliphatic rings. The lowest BCUT2D eigenvalue weighted by molar-refractivity contribution is 0.619. The topological polar surface area (TPSA) is 56.7 Å². The number of hydrogen-bond donors (Lipinski definition) is 1. The predicted molar refractivity (Wildman–Crippen MR) is 75.6 cm³/mol. The van der Waals surface area contributed by atoms with Crippen molar-refractivity contribution in [1.82, 2.24) is 15.0 Å². The van der Waals surface area contributed by atoms with Crippen LogP contribution in [0.2, 0.25) is 0 Å². The van der Waals surface area contributed by atoms with E-state index in [1.807, 2.05) is 31.3 Å². The molecule has 0 saturated carbocycles. The Labute approximate surface area is 115 Å². The van der Waals surface area contributed by atoms with Crippen LogP contribution in [0.15, 0.2) is 28.9 Å². The van der Waals surface area contributed by atoms with Crippen LogP contribution in [-0.4, -0.2) is 15.0 Å². The lowest BCUT2D eigenvalue weighted by Crippen LogP contribution is -2.10. The van der Waals surface area contributed by atoms with Crippen LogP contribution in [-0.2, 0) is 0 Å². The number of nitrogens with two attached hydrogens (primary N) is 1. The molecule has 2 rings (SSSR count). The van der Waals surface area contributed by atoms with Gasteiger partial charge in [-0.15, -0.1) is 5.10 Å². The SMILES string of the molecule is CCCC(N)c1cn(-c2cccc(C)c2Br)nn1. The van der Waals surface area contributed by atoms with Gasteiger partial charge in [-0.1, -0.05) is 30.7 Å². The minimum absolute atomic E-state index is 0.0349. The van der Waals surface area contributed by atoms with Crippen LogP contribution in [0.4, 0.5) is 0 Å². The summed E-state index contributed by atoms with van der Waals surface area (Å²) >= 11 is 3.57. The van der Waals surface area contributed by atoms with Gasteiger partial charge in [0.1, 0.15) is 0 Å². The fraction of sp³-hybridized carbons (Fsp3) is 0.385. The maximum absolute atomic E-state index is 6.04. The van der Waals surface area contributed by atoms with Crippen LogP contribution >= 0.6 is 15.9 Å². The van der Waals surface area contributed by atoms with E-state index >= 15 is 0 Å². The Morgan fingerprint density at radius 2 is 2.22 bits per heavy atom. The molecule has 1 atom stereocenters. The van der Waals surface area contributed by atoms with Crippen molar-refractivity contribution in [1.29, 1.82) is 0 Å². The van der Waals surface area contributed by atoms with Gasteiger partial charge in [-0.3, -0.25) is 0 Å². The lowest BCUT2D eigenvalue weighted by atomic mass is 10.1. The van der Waals surface area contributed by atoms with Crippen LogP contribution in [0, 0.1) is 6.92 Å². The van der Waals surface area contributed by atoms with Crippen molar-refractivity contribution >= 4 is 15.9 Å². The second-order valence-corrected chi connectivity index (χ2v) is 5.18. The van der Waals surface area contributed by atoms with Gasteiger partial charge >= 0.3 is 0 Å². The number of aryl methyl sites for hydroxylation is 1. The molecule has 0 aliphatic carbocycles. The minimum Gasteiger partial charge on any atom is -0.323 e. The number of nitrogens with zero attached hydrogens (tertiary/aromatic N) is 3. The quantitative estimate of drug-likeness (QED) is 0.944. The van der Waals surface area contributed by atoms with E-state index < -0.39 is 0 Å². The maximum atomic E-state index is 6.04. The third-order valence-electron chi connectivity index (χ3n) is 2.91. The normalized spacial score (nSPS) is 12.7. The van der Waals surface area contributed by atoms with Crippen LogP contribution in [0.25, 0.3) is 5.69 Å². The van der Waals surface area contributed by atoms with Crippen LogP contribution < -0.4 is 5.73 Å². The molecule has 0 fully saturated rings. The Hall–Kier alpha value is -1.20. The highest BCUT2D eigenvalue weighted by Crippen LogP contribution is 2.24. The average molecular weight is 309 g/mol. The number of benzene rings is 1. The van der Waals surface area contributed by atoms with Gasteiger partial charge in [0.25, 0.3) is 0 Å². The molecule has 0 radical (unpaired) electrons. The lowest BCUT2D eigenvalue weighted by Gasteiger charge is -2.06. The fourth-order valence-electron chi connectivity index (χ4n) is 1.83. The fourth-order valence-corrected chi connectivity index (χ4v) is 2.28. The zero-order chi connectivity index (χ0) is 13.1. The summed E-state index contributed by atoms with van der Waals surface area (Å²) in [5.41, 5.74) is 9.03. The molecule has 1 heterocycles. The van der Waals surface area contributed by atoms with E-state index in [1.165, 1.54) is 5.56 Å². The molecule has 5 heteroatoms. The monoisotopic (exact) mass is 308 g/mol. The first-order chi connectivity index (χ1) is 8.63. The highest BCUT2D eigenvalue weighted by Gasteiger charge is 2.12. The van der Waals surface area contributed by atoms with Crippen molar-refractivity contribution in [3.05, 3.63) is 40.1 Å². The van der Waals surface area contributed by atoms with E-state index in [2.05, 4.69) is 33.2 Å². The first-order valence-electron chi connectivity index (χ1n) is 6.06. The smallest absolute Gasteiger partial charge is 0.0998 e. The van der Waals surface area contributed by atoms with Crippen molar-refractivity contribution in [2.24, 2.45) is 5.73 Å². The zero-order valence-corrected chi connectivity index (χ0v) is 12.2. The molecular formula is C13H17BrN4. The van der Waals surface area contributed by atoms with Crippen LogP contribution in [0.3, 0.4) is 0 Å². The van der Waals surface area contributed by atoms with Gasteiger partial charge in [0.2, 0.25) is 0 Å². The van der Waals surface area contributed by atoms with Crippen molar-refractivity contribution in [2.75, 3.05) is 0 Å². The van der Waals surface area contributed by atoms with Crippen molar-refractivity contribution in [2.45, 2.75) is 32.7 Å². The van der Waals surface area contributed by atoms with E-state index in [0.717, 1.165) is 28.7 Å². The molecule has 96 valence electrons. The van der Waals surface area contributed by atoms with Crippen molar-refractivity contribution in [3.8, 4) is 5.69 Å². The molecule has 2 N–H and O–H groups in total. The van der Waals surface area contributed by atoms with E-state index in [1.54, 1.807) is 4.68 Å². The number of halogens is 1. The van der Waals surface area contributed by atoms with E-state index in [9.17, 15) is 0 Å². The molecule has 0 amide bonds. The molecule has 0 aliphatic heterocycles. The first kappa shape index (κ1) is 13.2. The Morgan fingerprint density at radius 1 is 1.44 bits per heavy atom. The Balaban J connectivity index is 2.32. The molecule has 4 nitrogen and oxygen atoms in total. The summed E-state index contributed by atoms with van der Waals surface area (Å²) in [6.07, 6.45) is 3.87. The van der Waals surface area contributed by atoms with Gasteiger partial charge in [-0.05, 0) is 40.9 Å². The van der Waals surface area contributed by atoms with Gasteiger partial charge in [0.15, 0.2) is 0 Å². The van der Waals surface area contributed by atoms with Gasteiger partial charge in [-0.25, -0.2) is 4.68 Å². The molecule has 0 saturated heterocycles. The third-order valence-corrected chi connectivity index (χ3v) is 3.94. The second-order valence-electron chi connectivity index (χ2n) is 4.39. The van der Waals surface area contributed by atoms with Gasteiger partial charge in [0, 0.05) is 4.47 Å². The van der Waals surface area contributed by atoms with E-state index in [4.69, 9.17) is 5.73 Å². The second kappa shape index (κ2) is 5.63. The summed E-state index contributed by atoms with van der Waals surface area (Å²) in [5, 5.41) is 8.30. The summed E-state index contributed by atoms with van der Waals surface area (Å²) < 4.78 is 2.80. The summed E-state index contributed by atoms with van der Waals surface area (Å²) in [6.45, 7) is 4.16. The largest absolute Gasteiger partial charge is 0.323 e. The summed E-state index contributed by atoms with van der Waals surface area (Å²) in [5.74, 6) is 0. The first-order valence-corrected chi connectivity index (χ1v) is 6.86. The number of aromatic nitrogens is 3. The van der Waals surface area contributed by atoms with Gasteiger partial charge < -0.3 is 5.73 Å². The number of rotatable bonds is 4. The van der Waals surface area contributed by atoms with Crippen LogP contribution in [0.5, 0.6) is 0 Å². The third kappa shape index (κ3) is 2.62. The summed E-state index contributed by atoms with van der Waals surface area (Å²) in [6, 6.07) is 6.02. The van der Waals surface area contributed by atoms with E-state index in [0.29, 0.717) is 0 Å². The van der Waals surface area contributed by atoms with Gasteiger partial charge in [-0.2, -0.15) is 0 Å². The standard InChI is InChI=1S/C13H17BrN4/c1-3-5-10(15)11-8-18(17-16-11)12-7-4-6-9(2)13(12)14/h4,6-8,10H,3,5,15H2,1-2H3. The van der Waals surface area contributed by atoms with Gasteiger partial charge in [0.05, 0.1) is 23.6 Å².